The highest BCUT2D eigenvalue weighted by molar-refractivity contribution is 5.15. The fraction of sp³-hybridized carbons (Fsp3) is 0.538. The monoisotopic (exact) mass is 241 g/mol. The summed E-state index contributed by atoms with van der Waals surface area (Å²) in [6, 6.07) is 6.39. The van der Waals surface area contributed by atoms with Crippen LogP contribution in [0.25, 0.3) is 0 Å². The van der Waals surface area contributed by atoms with E-state index in [1.54, 1.807) is 12.1 Å². The zero-order valence-corrected chi connectivity index (χ0v) is 10.4. The maximum atomic E-state index is 12.7. The molecule has 0 saturated carbocycles. The van der Waals surface area contributed by atoms with Gasteiger partial charge in [0.1, 0.15) is 5.82 Å². The van der Waals surface area contributed by atoms with Gasteiger partial charge in [-0.25, -0.2) is 4.39 Å². The maximum Gasteiger partial charge on any atom is 0.123 e. The van der Waals surface area contributed by atoms with E-state index in [1.165, 1.54) is 12.1 Å². The Labute approximate surface area is 102 Å². The summed E-state index contributed by atoms with van der Waals surface area (Å²) in [6.45, 7) is 4.08. The Morgan fingerprint density at radius 2 is 2.00 bits per heavy atom. The van der Waals surface area contributed by atoms with Crippen molar-refractivity contribution in [1.82, 2.24) is 4.90 Å². The number of hydrogen-bond donors (Lipinski definition) is 1. The number of aliphatic hydroxyl groups is 1. The lowest BCUT2D eigenvalue weighted by Gasteiger charge is -2.20. The summed E-state index contributed by atoms with van der Waals surface area (Å²) >= 11 is 0. The Morgan fingerprint density at radius 1 is 1.35 bits per heavy atom. The van der Waals surface area contributed by atoms with E-state index in [2.05, 4.69) is 0 Å². The summed E-state index contributed by atoms with van der Waals surface area (Å²) in [5, 5.41) is 9.65. The normalized spacial score (nSPS) is 13.0. The van der Waals surface area contributed by atoms with Crippen molar-refractivity contribution in [3.63, 3.8) is 0 Å². The maximum absolute atomic E-state index is 12.7. The molecule has 1 rings (SSSR count). The molecule has 0 saturated heterocycles. The molecule has 0 aliphatic heterocycles. The minimum atomic E-state index is -0.486. The van der Waals surface area contributed by atoms with Gasteiger partial charge in [-0.2, -0.15) is 0 Å². The molecule has 1 aromatic rings. The minimum Gasteiger partial charge on any atom is -0.389 e. The first kappa shape index (κ1) is 14.1. The number of nitrogens with zero attached hydrogens (tertiary/aromatic N) is 1. The van der Waals surface area contributed by atoms with Gasteiger partial charge in [-0.05, 0) is 31.7 Å². The molecule has 1 unspecified atom stereocenters. The molecule has 0 bridgehead atoms. The molecule has 0 aliphatic rings. The lowest BCUT2D eigenvalue weighted by Crippen LogP contribution is -2.31. The first-order valence-electron chi connectivity index (χ1n) is 5.80. The molecule has 1 aromatic carbocycles. The molecule has 0 aromatic heterocycles. The van der Waals surface area contributed by atoms with Gasteiger partial charge in [0, 0.05) is 19.7 Å². The van der Waals surface area contributed by atoms with Crippen molar-refractivity contribution >= 4 is 0 Å². The van der Waals surface area contributed by atoms with Gasteiger partial charge in [0.05, 0.1) is 12.7 Å². The number of likely N-dealkylation sites (N-methyl/N-ethyl adjacent to an activating group) is 1. The van der Waals surface area contributed by atoms with Crippen molar-refractivity contribution in [1.29, 1.82) is 0 Å². The Bertz CT molecular complexity index is 316. The highest BCUT2D eigenvalue weighted by Crippen LogP contribution is 2.05. The second-order valence-corrected chi connectivity index (χ2v) is 4.14. The summed E-state index contributed by atoms with van der Waals surface area (Å²) in [5.41, 5.74) is 1.03. The van der Waals surface area contributed by atoms with E-state index in [4.69, 9.17) is 4.74 Å². The van der Waals surface area contributed by atoms with Crippen molar-refractivity contribution in [3.8, 4) is 0 Å². The van der Waals surface area contributed by atoms with Gasteiger partial charge in [0.2, 0.25) is 0 Å². The molecule has 0 fully saturated rings. The van der Waals surface area contributed by atoms with Crippen molar-refractivity contribution in [3.05, 3.63) is 35.6 Å². The topological polar surface area (TPSA) is 32.7 Å². The van der Waals surface area contributed by atoms with Gasteiger partial charge in [0.15, 0.2) is 0 Å². The van der Waals surface area contributed by atoms with Gasteiger partial charge in [0.25, 0.3) is 0 Å². The third-order valence-electron chi connectivity index (χ3n) is 2.40. The lowest BCUT2D eigenvalue weighted by atomic mass is 10.2. The number of ether oxygens (including phenoxy) is 1. The molecule has 0 radical (unpaired) electrons. The number of hydrogen-bond acceptors (Lipinski definition) is 3. The van der Waals surface area contributed by atoms with Gasteiger partial charge in [-0.3, -0.25) is 4.90 Å². The molecule has 17 heavy (non-hydrogen) atoms. The minimum absolute atomic E-state index is 0.229. The highest BCUT2D eigenvalue weighted by atomic mass is 19.1. The van der Waals surface area contributed by atoms with E-state index in [0.717, 1.165) is 5.56 Å². The van der Waals surface area contributed by atoms with Crippen molar-refractivity contribution in [2.24, 2.45) is 0 Å². The summed E-state index contributed by atoms with van der Waals surface area (Å²) in [5.74, 6) is -0.229. The van der Waals surface area contributed by atoms with Crippen LogP contribution in [0, 0.1) is 5.82 Å². The van der Waals surface area contributed by atoms with E-state index in [1.807, 2.05) is 18.9 Å². The van der Waals surface area contributed by atoms with Crippen molar-refractivity contribution < 1.29 is 14.2 Å². The molecule has 0 aliphatic carbocycles. The van der Waals surface area contributed by atoms with Crippen LogP contribution in [0.3, 0.4) is 0 Å². The van der Waals surface area contributed by atoms with Crippen LogP contribution in [-0.2, 0) is 11.3 Å². The number of rotatable bonds is 7. The summed E-state index contributed by atoms with van der Waals surface area (Å²) in [4.78, 5) is 1.98. The molecule has 1 N–H and O–H groups in total. The Morgan fingerprint density at radius 3 is 2.59 bits per heavy atom. The zero-order chi connectivity index (χ0) is 12.7. The zero-order valence-electron chi connectivity index (χ0n) is 10.4. The van der Waals surface area contributed by atoms with E-state index >= 15 is 0 Å². The van der Waals surface area contributed by atoms with Gasteiger partial charge >= 0.3 is 0 Å². The van der Waals surface area contributed by atoms with Crippen LogP contribution >= 0.6 is 0 Å². The molecular formula is C13H20FNO2. The predicted molar refractivity (Wildman–Crippen MR) is 65.2 cm³/mol. The molecule has 0 heterocycles. The fourth-order valence-corrected chi connectivity index (χ4v) is 1.63. The molecule has 4 heteroatoms. The highest BCUT2D eigenvalue weighted by Gasteiger charge is 2.08. The van der Waals surface area contributed by atoms with Crippen LogP contribution in [0.5, 0.6) is 0 Å². The first-order chi connectivity index (χ1) is 8.11. The summed E-state index contributed by atoms with van der Waals surface area (Å²) in [6.07, 6.45) is -0.486. The second-order valence-electron chi connectivity index (χ2n) is 4.14. The summed E-state index contributed by atoms with van der Waals surface area (Å²) < 4.78 is 17.8. The van der Waals surface area contributed by atoms with Gasteiger partial charge in [-0.15, -0.1) is 0 Å². The van der Waals surface area contributed by atoms with E-state index in [0.29, 0.717) is 26.3 Å². The van der Waals surface area contributed by atoms with Crippen LogP contribution in [-0.4, -0.2) is 42.9 Å². The largest absolute Gasteiger partial charge is 0.389 e. The standard InChI is InChI=1S/C13H20FNO2/c1-3-17-10-13(16)9-15(2)8-11-4-6-12(14)7-5-11/h4-7,13,16H,3,8-10H2,1-2H3. The SMILES string of the molecule is CCOCC(O)CN(C)Cc1ccc(F)cc1. The second kappa shape index (κ2) is 7.37. The average Bonchev–Trinajstić information content (AvgIpc) is 2.29. The van der Waals surface area contributed by atoms with Crippen LogP contribution < -0.4 is 0 Å². The Balaban J connectivity index is 2.33. The lowest BCUT2D eigenvalue weighted by molar-refractivity contribution is 0.0244. The molecule has 96 valence electrons. The Hall–Kier alpha value is -0.970. The van der Waals surface area contributed by atoms with Crippen LogP contribution in [0.4, 0.5) is 4.39 Å². The number of aliphatic hydroxyl groups excluding tert-OH is 1. The van der Waals surface area contributed by atoms with Gasteiger partial charge in [-0.1, -0.05) is 12.1 Å². The third kappa shape index (κ3) is 5.77. The molecular weight excluding hydrogens is 221 g/mol. The molecule has 0 spiro atoms. The van der Waals surface area contributed by atoms with Crippen LogP contribution in [0.2, 0.25) is 0 Å². The van der Waals surface area contributed by atoms with Crippen molar-refractivity contribution in [2.45, 2.75) is 19.6 Å². The molecule has 1 atom stereocenters. The van der Waals surface area contributed by atoms with E-state index < -0.39 is 6.10 Å². The first-order valence-corrected chi connectivity index (χ1v) is 5.80. The van der Waals surface area contributed by atoms with Crippen LogP contribution in [0.15, 0.2) is 24.3 Å². The number of benzene rings is 1. The van der Waals surface area contributed by atoms with E-state index in [9.17, 15) is 9.50 Å². The average molecular weight is 241 g/mol. The molecule has 3 nitrogen and oxygen atoms in total. The van der Waals surface area contributed by atoms with E-state index in [-0.39, 0.29) is 5.82 Å². The summed E-state index contributed by atoms with van der Waals surface area (Å²) in [7, 11) is 1.92. The predicted octanol–water partition coefficient (Wildman–Crippen LogP) is 1.65. The van der Waals surface area contributed by atoms with Crippen LogP contribution in [0.1, 0.15) is 12.5 Å². The van der Waals surface area contributed by atoms with Crippen molar-refractivity contribution in [2.75, 3.05) is 26.8 Å². The molecule has 0 amide bonds. The fourth-order valence-electron chi connectivity index (χ4n) is 1.63. The number of halogens is 1. The Kier molecular flexibility index (Phi) is 6.11. The van der Waals surface area contributed by atoms with Gasteiger partial charge < -0.3 is 9.84 Å². The third-order valence-corrected chi connectivity index (χ3v) is 2.40. The smallest absolute Gasteiger partial charge is 0.123 e. The quantitative estimate of drug-likeness (QED) is 0.788.